The van der Waals surface area contributed by atoms with E-state index < -0.39 is 0 Å². The summed E-state index contributed by atoms with van der Waals surface area (Å²) in [4.78, 5) is 11.1. The van der Waals surface area contributed by atoms with Crippen molar-refractivity contribution >= 4 is 37.8 Å². The van der Waals surface area contributed by atoms with E-state index in [2.05, 4.69) is 31.9 Å². The third-order valence-electron chi connectivity index (χ3n) is 2.91. The molecule has 22 heavy (non-hydrogen) atoms. The molecule has 0 aliphatic heterocycles. The molecule has 0 aromatic heterocycles. The van der Waals surface area contributed by atoms with Crippen molar-refractivity contribution < 1.29 is 19.0 Å². The maximum absolute atomic E-state index is 11.1. The van der Waals surface area contributed by atoms with Crippen LogP contribution in [0.5, 0.6) is 23.0 Å². The van der Waals surface area contributed by atoms with E-state index in [9.17, 15) is 4.79 Å². The smallest absolute Gasteiger partial charge is 0.308 e. The summed E-state index contributed by atoms with van der Waals surface area (Å²) in [5, 5.41) is 0. The molecule has 0 bridgehead atoms. The number of ether oxygens (including phenoxy) is 3. The van der Waals surface area contributed by atoms with Gasteiger partial charge in [0.2, 0.25) is 0 Å². The van der Waals surface area contributed by atoms with Crippen LogP contribution in [0.2, 0.25) is 0 Å². The first-order valence-electron chi connectivity index (χ1n) is 6.41. The Balaban J connectivity index is 2.34. The zero-order valence-corrected chi connectivity index (χ0v) is 15.4. The quantitative estimate of drug-likeness (QED) is 0.492. The predicted octanol–water partition coefficient (Wildman–Crippen LogP) is 5.25. The second-order valence-corrected chi connectivity index (χ2v) is 6.14. The average Bonchev–Trinajstić information content (AvgIpc) is 2.49. The predicted molar refractivity (Wildman–Crippen MR) is 91.0 cm³/mol. The van der Waals surface area contributed by atoms with Crippen LogP contribution < -0.4 is 14.2 Å². The standard InChI is InChI=1S/C16H14Br2O4/c1-9-14(21-10(2)19)8-13(17)16(15(9)18)22-12-6-4-11(20-3)5-7-12/h4-8H,1-3H3. The van der Waals surface area contributed by atoms with Gasteiger partial charge in [0.1, 0.15) is 17.2 Å². The van der Waals surface area contributed by atoms with Gasteiger partial charge in [-0.2, -0.15) is 0 Å². The van der Waals surface area contributed by atoms with E-state index in [1.165, 1.54) is 6.92 Å². The molecular formula is C16H14Br2O4. The fourth-order valence-electron chi connectivity index (χ4n) is 1.79. The minimum absolute atomic E-state index is 0.370. The fraction of sp³-hybridized carbons (Fsp3) is 0.188. The lowest BCUT2D eigenvalue weighted by Gasteiger charge is -2.15. The molecule has 0 spiro atoms. The highest BCUT2D eigenvalue weighted by Gasteiger charge is 2.16. The normalized spacial score (nSPS) is 10.2. The highest BCUT2D eigenvalue weighted by Crippen LogP contribution is 2.43. The van der Waals surface area contributed by atoms with E-state index in [1.807, 2.05) is 31.2 Å². The molecule has 0 aliphatic carbocycles. The summed E-state index contributed by atoms with van der Waals surface area (Å²) in [5.74, 6) is 2.14. The maximum Gasteiger partial charge on any atom is 0.308 e. The molecule has 0 saturated carbocycles. The molecule has 0 atom stereocenters. The van der Waals surface area contributed by atoms with Gasteiger partial charge in [0, 0.05) is 12.5 Å². The Kier molecular flexibility index (Phi) is 5.47. The number of carbonyl (C=O) groups is 1. The molecule has 0 aliphatic rings. The number of methoxy groups -OCH3 is 1. The van der Waals surface area contributed by atoms with Crippen LogP contribution in [0.4, 0.5) is 0 Å². The lowest BCUT2D eigenvalue weighted by Crippen LogP contribution is -2.03. The Morgan fingerprint density at radius 2 is 1.68 bits per heavy atom. The van der Waals surface area contributed by atoms with Crippen LogP contribution >= 0.6 is 31.9 Å². The summed E-state index contributed by atoms with van der Waals surface area (Å²) in [7, 11) is 1.61. The van der Waals surface area contributed by atoms with Gasteiger partial charge in [-0.15, -0.1) is 0 Å². The van der Waals surface area contributed by atoms with E-state index in [4.69, 9.17) is 14.2 Å². The van der Waals surface area contributed by atoms with Crippen LogP contribution in [-0.4, -0.2) is 13.1 Å². The first-order chi connectivity index (χ1) is 10.4. The highest BCUT2D eigenvalue weighted by molar-refractivity contribution is 9.11. The second kappa shape index (κ2) is 7.15. The van der Waals surface area contributed by atoms with Gasteiger partial charge in [-0.05, 0) is 69.1 Å². The fourth-order valence-corrected chi connectivity index (χ4v) is 3.03. The van der Waals surface area contributed by atoms with Crippen LogP contribution in [0.15, 0.2) is 39.3 Å². The molecule has 0 amide bonds. The van der Waals surface area contributed by atoms with Crippen molar-refractivity contribution in [3.05, 3.63) is 44.8 Å². The number of rotatable bonds is 4. The molecule has 4 nitrogen and oxygen atoms in total. The number of carbonyl (C=O) groups excluding carboxylic acids is 1. The molecule has 2 aromatic rings. The first-order valence-corrected chi connectivity index (χ1v) is 8.00. The van der Waals surface area contributed by atoms with E-state index in [0.717, 1.165) is 11.3 Å². The Morgan fingerprint density at radius 1 is 1.09 bits per heavy atom. The van der Waals surface area contributed by atoms with Gasteiger partial charge >= 0.3 is 5.97 Å². The zero-order valence-electron chi connectivity index (χ0n) is 12.3. The molecule has 0 radical (unpaired) electrons. The van der Waals surface area contributed by atoms with Crippen molar-refractivity contribution in [2.45, 2.75) is 13.8 Å². The van der Waals surface area contributed by atoms with Crippen molar-refractivity contribution in [1.29, 1.82) is 0 Å². The van der Waals surface area contributed by atoms with Crippen LogP contribution in [0.25, 0.3) is 0 Å². The molecule has 2 rings (SSSR count). The van der Waals surface area contributed by atoms with Gasteiger partial charge in [0.15, 0.2) is 5.75 Å². The van der Waals surface area contributed by atoms with Crippen LogP contribution in [0, 0.1) is 6.92 Å². The van der Waals surface area contributed by atoms with Crippen LogP contribution in [0.1, 0.15) is 12.5 Å². The lowest BCUT2D eigenvalue weighted by molar-refractivity contribution is -0.131. The largest absolute Gasteiger partial charge is 0.497 e. The van der Waals surface area contributed by atoms with Gasteiger partial charge in [-0.25, -0.2) is 0 Å². The van der Waals surface area contributed by atoms with E-state index in [0.29, 0.717) is 26.2 Å². The van der Waals surface area contributed by atoms with Gasteiger partial charge < -0.3 is 14.2 Å². The molecule has 6 heteroatoms. The van der Waals surface area contributed by atoms with Crippen molar-refractivity contribution in [3.63, 3.8) is 0 Å². The van der Waals surface area contributed by atoms with Crippen molar-refractivity contribution in [2.75, 3.05) is 7.11 Å². The Hall–Kier alpha value is -1.53. The SMILES string of the molecule is COc1ccc(Oc2c(Br)cc(OC(C)=O)c(C)c2Br)cc1. The minimum atomic E-state index is -0.370. The monoisotopic (exact) mass is 428 g/mol. The summed E-state index contributed by atoms with van der Waals surface area (Å²) in [6, 6.07) is 8.97. The van der Waals surface area contributed by atoms with Crippen molar-refractivity contribution in [2.24, 2.45) is 0 Å². The van der Waals surface area contributed by atoms with Crippen molar-refractivity contribution in [3.8, 4) is 23.0 Å². The highest BCUT2D eigenvalue weighted by atomic mass is 79.9. The third kappa shape index (κ3) is 3.81. The van der Waals surface area contributed by atoms with Gasteiger partial charge in [0.25, 0.3) is 0 Å². The summed E-state index contributed by atoms with van der Waals surface area (Å²) in [6.45, 7) is 3.21. The Labute approximate surface area is 145 Å². The summed E-state index contributed by atoms with van der Waals surface area (Å²) in [5.41, 5.74) is 0.780. The van der Waals surface area contributed by atoms with E-state index in [-0.39, 0.29) is 5.97 Å². The Morgan fingerprint density at radius 3 is 2.23 bits per heavy atom. The summed E-state index contributed by atoms with van der Waals surface area (Å²) < 4.78 is 17.6. The second-order valence-electron chi connectivity index (χ2n) is 4.50. The third-order valence-corrected chi connectivity index (χ3v) is 4.45. The number of hydrogen-bond donors (Lipinski definition) is 0. The molecule has 0 heterocycles. The van der Waals surface area contributed by atoms with E-state index in [1.54, 1.807) is 13.2 Å². The van der Waals surface area contributed by atoms with Gasteiger partial charge in [-0.1, -0.05) is 0 Å². The number of esters is 1. The Bertz CT molecular complexity index is 696. The van der Waals surface area contributed by atoms with Crippen LogP contribution in [0.3, 0.4) is 0 Å². The van der Waals surface area contributed by atoms with Crippen molar-refractivity contribution in [1.82, 2.24) is 0 Å². The minimum Gasteiger partial charge on any atom is -0.497 e. The maximum atomic E-state index is 11.1. The molecule has 116 valence electrons. The molecule has 2 aromatic carbocycles. The van der Waals surface area contributed by atoms with Crippen LogP contribution in [-0.2, 0) is 4.79 Å². The van der Waals surface area contributed by atoms with Gasteiger partial charge in [-0.3, -0.25) is 4.79 Å². The molecule has 0 unspecified atom stereocenters. The van der Waals surface area contributed by atoms with E-state index >= 15 is 0 Å². The number of benzene rings is 2. The molecule has 0 N–H and O–H groups in total. The summed E-state index contributed by atoms with van der Waals surface area (Å²) in [6.07, 6.45) is 0. The first kappa shape index (κ1) is 16.8. The summed E-state index contributed by atoms with van der Waals surface area (Å²) >= 11 is 6.92. The average molecular weight is 430 g/mol. The number of hydrogen-bond acceptors (Lipinski definition) is 4. The molecule has 0 fully saturated rings. The molecular weight excluding hydrogens is 416 g/mol. The lowest BCUT2D eigenvalue weighted by atomic mass is 10.2. The zero-order chi connectivity index (χ0) is 16.3. The van der Waals surface area contributed by atoms with Gasteiger partial charge in [0.05, 0.1) is 16.1 Å². The topological polar surface area (TPSA) is 44.8 Å². The molecule has 0 saturated heterocycles. The number of halogens is 2.